The first-order chi connectivity index (χ1) is 6.24. The average Bonchev–Trinajstić information content (AvgIpc) is 2.14. The maximum Gasteiger partial charge on any atom is 0.309 e. The van der Waals surface area contributed by atoms with Gasteiger partial charge in [-0.2, -0.15) is 0 Å². The van der Waals surface area contributed by atoms with E-state index in [0.717, 1.165) is 25.7 Å². The molecule has 1 fully saturated rings. The Balaban J connectivity index is 2.28. The minimum atomic E-state index is -0.298. The lowest BCUT2D eigenvalue weighted by Gasteiger charge is -2.24. The van der Waals surface area contributed by atoms with Gasteiger partial charge in [0.15, 0.2) is 0 Å². The van der Waals surface area contributed by atoms with Crippen LogP contribution in [0.25, 0.3) is 0 Å². The van der Waals surface area contributed by atoms with E-state index in [-0.39, 0.29) is 18.0 Å². The first kappa shape index (κ1) is 10.5. The molecule has 13 heavy (non-hydrogen) atoms. The fraction of sp³-hybridized carbons (Fsp3) is 0.900. The molecule has 0 spiro atoms. The summed E-state index contributed by atoms with van der Waals surface area (Å²) < 4.78 is 5.03. The number of hydrogen-bond donors (Lipinski definition) is 1. The van der Waals surface area contributed by atoms with Gasteiger partial charge in [0, 0.05) is 0 Å². The smallest absolute Gasteiger partial charge is 0.309 e. The van der Waals surface area contributed by atoms with Gasteiger partial charge in [-0.25, -0.2) is 0 Å². The third-order valence-electron chi connectivity index (χ3n) is 2.43. The van der Waals surface area contributed by atoms with Crippen molar-refractivity contribution in [1.82, 2.24) is 0 Å². The van der Waals surface area contributed by atoms with Crippen LogP contribution in [-0.4, -0.2) is 23.8 Å². The summed E-state index contributed by atoms with van der Waals surface area (Å²) >= 11 is 0. The van der Waals surface area contributed by atoms with Crippen molar-refractivity contribution >= 4 is 5.97 Å². The average molecular weight is 186 g/mol. The Kier molecular flexibility index (Phi) is 4.22. The van der Waals surface area contributed by atoms with Crippen LogP contribution in [0.1, 0.15) is 39.0 Å². The molecule has 1 N–H and O–H groups in total. The second kappa shape index (κ2) is 5.22. The van der Waals surface area contributed by atoms with Crippen molar-refractivity contribution in [3.8, 4) is 0 Å². The topological polar surface area (TPSA) is 46.5 Å². The fourth-order valence-corrected chi connectivity index (χ4v) is 1.70. The van der Waals surface area contributed by atoms with Crippen LogP contribution in [0, 0.1) is 5.92 Å². The minimum absolute atomic E-state index is 0.0599. The zero-order chi connectivity index (χ0) is 9.68. The summed E-state index contributed by atoms with van der Waals surface area (Å²) in [7, 11) is 0. The van der Waals surface area contributed by atoms with Crippen molar-refractivity contribution in [2.24, 2.45) is 5.92 Å². The van der Waals surface area contributed by atoms with Gasteiger partial charge in [0.05, 0.1) is 18.6 Å². The summed E-state index contributed by atoms with van der Waals surface area (Å²) in [6.07, 6.45) is 3.79. The zero-order valence-corrected chi connectivity index (χ0v) is 8.16. The summed E-state index contributed by atoms with van der Waals surface area (Å²) in [6, 6.07) is 0. The molecule has 3 nitrogen and oxygen atoms in total. The first-order valence-electron chi connectivity index (χ1n) is 5.08. The second-order valence-electron chi connectivity index (χ2n) is 3.68. The molecule has 2 atom stereocenters. The molecule has 1 rings (SSSR count). The van der Waals surface area contributed by atoms with Gasteiger partial charge in [-0.1, -0.05) is 13.3 Å². The van der Waals surface area contributed by atoms with Crippen LogP contribution in [0.3, 0.4) is 0 Å². The highest BCUT2D eigenvalue weighted by Crippen LogP contribution is 2.25. The van der Waals surface area contributed by atoms with Gasteiger partial charge in [-0.15, -0.1) is 0 Å². The molecule has 1 aliphatic rings. The van der Waals surface area contributed by atoms with E-state index in [2.05, 4.69) is 0 Å². The standard InChI is InChI=1S/C10H18O3/c1-2-6-13-10(12)8-4-3-5-9(11)7-8/h8-9,11H,2-7H2,1H3. The number of esters is 1. The maximum atomic E-state index is 11.4. The van der Waals surface area contributed by atoms with Crippen molar-refractivity contribution < 1.29 is 14.6 Å². The molecule has 2 unspecified atom stereocenters. The predicted octanol–water partition coefficient (Wildman–Crippen LogP) is 1.49. The summed E-state index contributed by atoms with van der Waals surface area (Å²) in [6.45, 7) is 2.48. The monoisotopic (exact) mass is 186 g/mol. The van der Waals surface area contributed by atoms with E-state index in [1.54, 1.807) is 0 Å². The Labute approximate surface area is 79.1 Å². The highest BCUT2D eigenvalue weighted by atomic mass is 16.5. The Morgan fingerprint density at radius 2 is 2.31 bits per heavy atom. The van der Waals surface area contributed by atoms with Crippen molar-refractivity contribution in [2.45, 2.75) is 45.1 Å². The van der Waals surface area contributed by atoms with E-state index >= 15 is 0 Å². The lowest BCUT2D eigenvalue weighted by Crippen LogP contribution is -2.27. The normalized spacial score (nSPS) is 28.5. The Hall–Kier alpha value is -0.570. The molecule has 1 aliphatic carbocycles. The number of rotatable bonds is 3. The lowest BCUT2D eigenvalue weighted by molar-refractivity contribution is -0.151. The predicted molar refractivity (Wildman–Crippen MR) is 49.2 cm³/mol. The number of carbonyl (C=O) groups excluding carboxylic acids is 1. The van der Waals surface area contributed by atoms with E-state index in [4.69, 9.17) is 4.74 Å². The van der Waals surface area contributed by atoms with Gasteiger partial charge in [-0.05, 0) is 25.7 Å². The van der Waals surface area contributed by atoms with Crippen LogP contribution in [0.5, 0.6) is 0 Å². The van der Waals surface area contributed by atoms with Gasteiger partial charge < -0.3 is 9.84 Å². The van der Waals surface area contributed by atoms with E-state index < -0.39 is 0 Å². The fourth-order valence-electron chi connectivity index (χ4n) is 1.70. The van der Waals surface area contributed by atoms with Crippen LogP contribution in [0.2, 0.25) is 0 Å². The van der Waals surface area contributed by atoms with E-state index in [0.29, 0.717) is 13.0 Å². The molecule has 0 heterocycles. The molecule has 0 bridgehead atoms. The van der Waals surface area contributed by atoms with Gasteiger partial charge in [0.1, 0.15) is 0 Å². The molecule has 0 aromatic heterocycles. The van der Waals surface area contributed by atoms with Gasteiger partial charge in [0.2, 0.25) is 0 Å². The molecule has 0 aliphatic heterocycles. The highest BCUT2D eigenvalue weighted by molar-refractivity contribution is 5.72. The quantitative estimate of drug-likeness (QED) is 0.679. The van der Waals surface area contributed by atoms with Gasteiger partial charge in [0.25, 0.3) is 0 Å². The summed E-state index contributed by atoms with van der Waals surface area (Å²) in [5, 5.41) is 9.35. The SMILES string of the molecule is CCCOC(=O)C1CCCC(O)C1. The van der Waals surface area contributed by atoms with Crippen molar-refractivity contribution in [2.75, 3.05) is 6.61 Å². The largest absolute Gasteiger partial charge is 0.465 e. The Morgan fingerprint density at radius 1 is 1.54 bits per heavy atom. The van der Waals surface area contributed by atoms with E-state index in [1.165, 1.54) is 0 Å². The molecule has 0 amide bonds. The molecule has 0 aromatic rings. The Morgan fingerprint density at radius 3 is 2.92 bits per heavy atom. The lowest BCUT2D eigenvalue weighted by atomic mass is 9.87. The van der Waals surface area contributed by atoms with Crippen LogP contribution in [0.4, 0.5) is 0 Å². The Bertz CT molecular complexity index is 168. The highest BCUT2D eigenvalue weighted by Gasteiger charge is 2.26. The van der Waals surface area contributed by atoms with Crippen molar-refractivity contribution in [3.63, 3.8) is 0 Å². The molecule has 0 aromatic carbocycles. The van der Waals surface area contributed by atoms with Gasteiger partial charge in [-0.3, -0.25) is 4.79 Å². The summed E-state index contributed by atoms with van der Waals surface area (Å²) in [5.41, 5.74) is 0. The molecule has 0 radical (unpaired) electrons. The third kappa shape index (κ3) is 3.35. The van der Waals surface area contributed by atoms with Crippen LogP contribution < -0.4 is 0 Å². The van der Waals surface area contributed by atoms with E-state index in [9.17, 15) is 9.90 Å². The molecule has 1 saturated carbocycles. The number of aliphatic hydroxyl groups excluding tert-OH is 1. The van der Waals surface area contributed by atoms with Crippen LogP contribution in [-0.2, 0) is 9.53 Å². The molecular formula is C10H18O3. The first-order valence-corrected chi connectivity index (χ1v) is 5.08. The van der Waals surface area contributed by atoms with Crippen LogP contribution in [0.15, 0.2) is 0 Å². The molecule has 76 valence electrons. The number of aliphatic hydroxyl groups is 1. The molecule has 3 heteroatoms. The number of carbonyl (C=O) groups is 1. The zero-order valence-electron chi connectivity index (χ0n) is 8.16. The van der Waals surface area contributed by atoms with Crippen molar-refractivity contribution in [3.05, 3.63) is 0 Å². The third-order valence-corrected chi connectivity index (χ3v) is 2.43. The maximum absolute atomic E-state index is 11.4. The summed E-state index contributed by atoms with van der Waals surface area (Å²) in [4.78, 5) is 11.4. The molecular weight excluding hydrogens is 168 g/mol. The van der Waals surface area contributed by atoms with Crippen molar-refractivity contribution in [1.29, 1.82) is 0 Å². The number of hydrogen-bond acceptors (Lipinski definition) is 3. The minimum Gasteiger partial charge on any atom is -0.465 e. The van der Waals surface area contributed by atoms with E-state index in [1.807, 2.05) is 6.92 Å². The molecule has 0 saturated heterocycles. The number of ether oxygens (including phenoxy) is 1. The summed E-state index contributed by atoms with van der Waals surface area (Å²) in [5.74, 6) is -0.184. The second-order valence-corrected chi connectivity index (χ2v) is 3.68. The van der Waals surface area contributed by atoms with Gasteiger partial charge >= 0.3 is 5.97 Å². The van der Waals surface area contributed by atoms with Crippen LogP contribution >= 0.6 is 0 Å².